The summed E-state index contributed by atoms with van der Waals surface area (Å²) >= 11 is 0. The number of ether oxygens (including phenoxy) is 2. The molecule has 1 aliphatic heterocycles. The second-order valence-corrected chi connectivity index (χ2v) is 7.77. The molecule has 7 heteroatoms. The fourth-order valence-electron chi connectivity index (χ4n) is 2.99. The lowest BCUT2D eigenvalue weighted by molar-refractivity contribution is -0.120. The van der Waals surface area contributed by atoms with Crippen molar-refractivity contribution in [3.05, 3.63) is 23.8 Å². The minimum Gasteiger partial charge on any atom is -0.506 e. The molecule has 3 N–H and O–H groups in total. The van der Waals surface area contributed by atoms with E-state index >= 15 is 0 Å². The zero-order valence-electron chi connectivity index (χ0n) is 16.5. The second kappa shape index (κ2) is 9.08. The Morgan fingerprint density at radius 2 is 1.96 bits per heavy atom. The van der Waals surface area contributed by atoms with Crippen LogP contribution in [-0.4, -0.2) is 42.0 Å². The van der Waals surface area contributed by atoms with Crippen LogP contribution in [0.3, 0.4) is 0 Å². The molecular weight excluding hydrogens is 348 g/mol. The van der Waals surface area contributed by atoms with Crippen molar-refractivity contribution in [1.82, 2.24) is 5.32 Å². The number of benzene rings is 1. The van der Waals surface area contributed by atoms with Gasteiger partial charge in [0.05, 0.1) is 5.69 Å². The number of hydrogen-bond acceptors (Lipinski definition) is 5. The molecule has 1 fully saturated rings. The number of aryl methyl sites for hydroxylation is 1. The largest absolute Gasteiger partial charge is 0.506 e. The van der Waals surface area contributed by atoms with Crippen molar-refractivity contribution in [2.45, 2.75) is 58.6 Å². The first-order valence-electron chi connectivity index (χ1n) is 9.39. The molecule has 1 aliphatic rings. The van der Waals surface area contributed by atoms with E-state index in [1.54, 1.807) is 39.0 Å². The van der Waals surface area contributed by atoms with E-state index < -0.39 is 17.7 Å². The molecule has 1 aromatic carbocycles. The van der Waals surface area contributed by atoms with Crippen LogP contribution in [0.5, 0.6) is 5.75 Å². The van der Waals surface area contributed by atoms with E-state index in [2.05, 4.69) is 10.6 Å². The molecule has 2 rings (SSSR count). The van der Waals surface area contributed by atoms with Gasteiger partial charge < -0.3 is 25.2 Å². The Morgan fingerprint density at radius 1 is 1.30 bits per heavy atom. The average molecular weight is 378 g/mol. The Kier molecular flexibility index (Phi) is 7.07. The highest BCUT2D eigenvalue weighted by Gasteiger charge is 2.33. The lowest BCUT2D eigenvalue weighted by Crippen LogP contribution is -2.51. The van der Waals surface area contributed by atoms with Crippen molar-refractivity contribution in [2.75, 3.05) is 18.5 Å². The molecule has 0 radical (unpaired) electrons. The molecule has 1 saturated heterocycles. The quantitative estimate of drug-likeness (QED) is 0.684. The maximum absolute atomic E-state index is 12.9. The molecule has 27 heavy (non-hydrogen) atoms. The number of phenols is 1. The molecule has 7 nitrogen and oxygen atoms in total. The average Bonchev–Trinajstić information content (AvgIpc) is 2.60. The van der Waals surface area contributed by atoms with Gasteiger partial charge in [-0.05, 0) is 63.6 Å². The molecule has 1 heterocycles. The van der Waals surface area contributed by atoms with Gasteiger partial charge in [0.25, 0.3) is 0 Å². The van der Waals surface area contributed by atoms with E-state index in [0.717, 1.165) is 12.0 Å². The van der Waals surface area contributed by atoms with E-state index in [-0.39, 0.29) is 17.6 Å². The van der Waals surface area contributed by atoms with Crippen LogP contribution in [-0.2, 0) is 20.7 Å². The van der Waals surface area contributed by atoms with Crippen molar-refractivity contribution < 1.29 is 24.2 Å². The van der Waals surface area contributed by atoms with Gasteiger partial charge in [-0.2, -0.15) is 0 Å². The van der Waals surface area contributed by atoms with Crippen LogP contribution in [0.15, 0.2) is 18.2 Å². The summed E-state index contributed by atoms with van der Waals surface area (Å²) in [6.45, 7) is 8.38. The summed E-state index contributed by atoms with van der Waals surface area (Å²) in [7, 11) is 0. The second-order valence-electron chi connectivity index (χ2n) is 7.77. The standard InChI is InChI=1S/C20H30N2O5/c1-5-13-6-7-16(23)15(12-13)21-18(24)17(14-8-10-26-11-9-14)22-19(25)27-20(2,3)4/h6-7,12,14,17,23H,5,8-11H2,1-4H3,(H,21,24)(H,22,25)/t17-/m1/s1. The number of nitrogens with one attached hydrogen (secondary N) is 2. The van der Waals surface area contributed by atoms with Gasteiger partial charge in [-0.1, -0.05) is 13.0 Å². The fourth-order valence-corrected chi connectivity index (χ4v) is 2.99. The summed E-state index contributed by atoms with van der Waals surface area (Å²) in [4.78, 5) is 25.2. The molecule has 0 unspecified atom stereocenters. The summed E-state index contributed by atoms with van der Waals surface area (Å²) in [5.41, 5.74) is 0.669. The Hall–Kier alpha value is -2.28. The summed E-state index contributed by atoms with van der Waals surface area (Å²) in [5.74, 6) is -0.456. The molecular formula is C20H30N2O5. The minimum absolute atomic E-state index is 0.0106. The number of phenolic OH excluding ortho intramolecular Hbond substituents is 1. The number of aromatic hydroxyl groups is 1. The van der Waals surface area contributed by atoms with E-state index in [9.17, 15) is 14.7 Å². The molecule has 0 spiro atoms. The lowest BCUT2D eigenvalue weighted by Gasteiger charge is -2.31. The number of alkyl carbamates (subject to hydrolysis) is 1. The zero-order valence-corrected chi connectivity index (χ0v) is 16.5. The maximum Gasteiger partial charge on any atom is 0.408 e. The first-order chi connectivity index (χ1) is 12.7. The third-order valence-corrected chi connectivity index (χ3v) is 4.42. The van der Waals surface area contributed by atoms with Crippen LogP contribution in [0.1, 0.15) is 46.1 Å². The van der Waals surface area contributed by atoms with Gasteiger partial charge in [-0.15, -0.1) is 0 Å². The van der Waals surface area contributed by atoms with Gasteiger partial charge in [0.2, 0.25) is 5.91 Å². The van der Waals surface area contributed by atoms with E-state index in [0.29, 0.717) is 31.7 Å². The van der Waals surface area contributed by atoms with Crippen molar-refractivity contribution in [2.24, 2.45) is 5.92 Å². The Balaban J connectivity index is 2.16. The van der Waals surface area contributed by atoms with Gasteiger partial charge in [0.15, 0.2) is 0 Å². The number of anilines is 1. The molecule has 0 aromatic heterocycles. The van der Waals surface area contributed by atoms with Crippen LogP contribution in [0.2, 0.25) is 0 Å². The highest BCUT2D eigenvalue weighted by atomic mass is 16.6. The molecule has 0 bridgehead atoms. The van der Waals surface area contributed by atoms with Gasteiger partial charge in [0.1, 0.15) is 17.4 Å². The molecule has 1 atom stereocenters. The summed E-state index contributed by atoms with van der Waals surface area (Å²) in [6, 6.07) is 4.33. The number of amides is 2. The number of rotatable bonds is 5. The van der Waals surface area contributed by atoms with Crippen LogP contribution >= 0.6 is 0 Å². The number of carbonyl (C=O) groups excluding carboxylic acids is 2. The van der Waals surface area contributed by atoms with Crippen molar-refractivity contribution in [3.63, 3.8) is 0 Å². The van der Waals surface area contributed by atoms with Crippen molar-refractivity contribution >= 4 is 17.7 Å². The van der Waals surface area contributed by atoms with Gasteiger partial charge in [-0.3, -0.25) is 4.79 Å². The highest BCUT2D eigenvalue weighted by Crippen LogP contribution is 2.26. The van der Waals surface area contributed by atoms with Crippen molar-refractivity contribution in [3.8, 4) is 5.75 Å². The van der Waals surface area contributed by atoms with Crippen molar-refractivity contribution in [1.29, 1.82) is 0 Å². The maximum atomic E-state index is 12.9. The molecule has 1 aromatic rings. The third-order valence-electron chi connectivity index (χ3n) is 4.42. The van der Waals surface area contributed by atoms with Gasteiger partial charge in [-0.25, -0.2) is 4.79 Å². The number of hydrogen-bond donors (Lipinski definition) is 3. The topological polar surface area (TPSA) is 96.9 Å². The van der Waals surface area contributed by atoms with E-state index in [1.165, 1.54) is 0 Å². The summed E-state index contributed by atoms with van der Waals surface area (Å²) in [6.07, 6.45) is 1.47. The zero-order chi connectivity index (χ0) is 20.0. The van der Waals surface area contributed by atoms with Crippen LogP contribution in [0.4, 0.5) is 10.5 Å². The first-order valence-corrected chi connectivity index (χ1v) is 9.39. The van der Waals surface area contributed by atoms with Gasteiger partial charge in [0, 0.05) is 13.2 Å². The predicted molar refractivity (Wildman–Crippen MR) is 103 cm³/mol. The Bertz CT molecular complexity index is 663. The highest BCUT2D eigenvalue weighted by molar-refractivity contribution is 5.98. The first kappa shape index (κ1) is 21.0. The lowest BCUT2D eigenvalue weighted by atomic mass is 9.91. The molecule has 0 saturated carbocycles. The Morgan fingerprint density at radius 3 is 2.56 bits per heavy atom. The molecule has 0 aliphatic carbocycles. The van der Waals surface area contributed by atoms with E-state index in [1.807, 2.05) is 6.92 Å². The summed E-state index contributed by atoms with van der Waals surface area (Å²) in [5, 5.41) is 15.5. The third kappa shape index (κ3) is 6.43. The SMILES string of the molecule is CCc1ccc(O)c(NC(=O)[C@H](NC(=O)OC(C)(C)C)C2CCOCC2)c1. The number of carbonyl (C=O) groups is 2. The minimum atomic E-state index is -0.770. The monoisotopic (exact) mass is 378 g/mol. The van der Waals surface area contributed by atoms with Gasteiger partial charge >= 0.3 is 6.09 Å². The summed E-state index contributed by atoms with van der Waals surface area (Å²) < 4.78 is 10.7. The smallest absolute Gasteiger partial charge is 0.408 e. The normalized spacial score (nSPS) is 16.4. The van der Waals surface area contributed by atoms with E-state index in [4.69, 9.17) is 9.47 Å². The molecule has 150 valence electrons. The van der Waals surface area contributed by atoms with Crippen LogP contribution < -0.4 is 10.6 Å². The van der Waals surface area contributed by atoms with Crippen LogP contribution in [0, 0.1) is 5.92 Å². The predicted octanol–water partition coefficient (Wildman–Crippen LogP) is 3.21. The Labute approximate surface area is 160 Å². The van der Waals surface area contributed by atoms with Crippen LogP contribution in [0.25, 0.3) is 0 Å². The fraction of sp³-hybridized carbons (Fsp3) is 0.600. The molecule has 2 amide bonds.